The molecule has 0 unspecified atom stereocenters. The van der Waals surface area contributed by atoms with Crippen LogP contribution in [0.3, 0.4) is 0 Å². The number of benzene rings is 1. The number of carboxylic acid groups (broad SMARTS) is 1. The molecule has 25 heavy (non-hydrogen) atoms. The summed E-state index contributed by atoms with van der Waals surface area (Å²) in [6, 6.07) is 11.3. The number of carbonyl (C=O) groups excluding carboxylic acids is 1. The van der Waals surface area contributed by atoms with Gasteiger partial charge in [-0.25, -0.2) is 0 Å². The highest BCUT2D eigenvalue weighted by Crippen LogP contribution is 2.24. The summed E-state index contributed by atoms with van der Waals surface area (Å²) >= 11 is 4.43. The van der Waals surface area contributed by atoms with E-state index in [-0.39, 0.29) is 17.5 Å². The monoisotopic (exact) mass is 421 g/mol. The zero-order valence-corrected chi connectivity index (χ0v) is 15.1. The molecule has 1 aromatic heterocycles. The number of amidine groups is 1. The summed E-state index contributed by atoms with van der Waals surface area (Å²) in [4.78, 5) is 22.3. The van der Waals surface area contributed by atoms with Crippen LogP contribution < -0.4 is 5.32 Å². The van der Waals surface area contributed by atoms with Crippen molar-refractivity contribution in [3.05, 3.63) is 46.6 Å². The molecule has 2 heterocycles. The van der Waals surface area contributed by atoms with Crippen LogP contribution in [-0.2, 0) is 9.59 Å². The molecule has 0 saturated carbocycles. The van der Waals surface area contributed by atoms with Crippen LogP contribution in [0.4, 0.5) is 0 Å². The Kier molecular flexibility index (Phi) is 5.34. The molecular weight excluding hydrogens is 410 g/mol. The topological polar surface area (TPSA) is 104 Å². The number of hydrogen-bond donors (Lipinski definition) is 2. The molecule has 0 radical (unpaired) electrons. The van der Waals surface area contributed by atoms with Crippen molar-refractivity contribution in [2.45, 2.75) is 11.7 Å². The van der Waals surface area contributed by atoms with Crippen LogP contribution in [0.25, 0.3) is 11.3 Å². The van der Waals surface area contributed by atoms with Crippen molar-refractivity contribution in [3.8, 4) is 11.3 Å². The molecule has 1 aromatic carbocycles. The minimum absolute atomic E-state index is 0.256. The van der Waals surface area contributed by atoms with Crippen LogP contribution in [-0.4, -0.2) is 33.6 Å². The number of rotatable bonds is 5. The largest absolute Gasteiger partial charge is 0.481 e. The minimum Gasteiger partial charge on any atom is -0.481 e. The van der Waals surface area contributed by atoms with E-state index in [2.05, 4.69) is 31.4 Å². The van der Waals surface area contributed by atoms with Gasteiger partial charge < -0.3 is 14.8 Å². The molecule has 1 aliphatic heterocycles. The number of furan rings is 1. The first-order valence-corrected chi connectivity index (χ1v) is 8.84. The third-order valence-electron chi connectivity index (χ3n) is 3.23. The number of carboxylic acids is 1. The molecule has 0 spiro atoms. The lowest BCUT2D eigenvalue weighted by Gasteiger charge is -1.97. The fraction of sp³-hybridized carbons (Fsp3) is 0.125. The van der Waals surface area contributed by atoms with E-state index < -0.39 is 11.2 Å². The zero-order chi connectivity index (χ0) is 17.8. The van der Waals surface area contributed by atoms with Crippen molar-refractivity contribution in [2.24, 2.45) is 10.2 Å². The average Bonchev–Trinajstić information content (AvgIpc) is 3.15. The Morgan fingerprint density at radius 3 is 2.80 bits per heavy atom. The quantitative estimate of drug-likeness (QED) is 0.569. The summed E-state index contributed by atoms with van der Waals surface area (Å²) in [5.74, 6) is -0.198. The summed E-state index contributed by atoms with van der Waals surface area (Å²) in [5, 5.41) is 18.6. The lowest BCUT2D eigenvalue weighted by Crippen LogP contribution is -2.26. The third-order valence-corrected chi connectivity index (χ3v) is 4.83. The molecule has 7 nitrogen and oxygen atoms in total. The van der Waals surface area contributed by atoms with E-state index in [1.54, 1.807) is 6.07 Å². The summed E-state index contributed by atoms with van der Waals surface area (Å²) in [7, 11) is 0. The zero-order valence-electron chi connectivity index (χ0n) is 12.7. The van der Waals surface area contributed by atoms with E-state index in [9.17, 15) is 9.59 Å². The van der Waals surface area contributed by atoms with Crippen molar-refractivity contribution >= 4 is 51.0 Å². The lowest BCUT2D eigenvalue weighted by molar-refractivity contribution is -0.138. The normalized spacial score (nSPS) is 18.8. The standard InChI is InChI=1S/C16H12BrN3O4S/c17-10-3-1-9(2-4-10)12-6-5-11(24-12)8-18-20-16-19-15(23)13(25-16)7-14(21)22/h1-6,8,13H,7H2,(H,21,22)(H,19,20,23)/b18-8-/t13-/m0/s1. The first-order valence-electron chi connectivity index (χ1n) is 7.17. The fourth-order valence-electron chi connectivity index (χ4n) is 2.07. The highest BCUT2D eigenvalue weighted by molar-refractivity contribution is 9.10. The lowest BCUT2D eigenvalue weighted by atomic mass is 10.2. The van der Waals surface area contributed by atoms with Crippen LogP contribution in [0, 0.1) is 0 Å². The van der Waals surface area contributed by atoms with Gasteiger partial charge in [-0.15, -0.1) is 5.10 Å². The van der Waals surface area contributed by atoms with E-state index >= 15 is 0 Å². The van der Waals surface area contributed by atoms with Crippen molar-refractivity contribution in [1.29, 1.82) is 0 Å². The molecule has 128 valence electrons. The van der Waals surface area contributed by atoms with Gasteiger partial charge in [0.25, 0.3) is 0 Å². The molecule has 1 amide bonds. The van der Waals surface area contributed by atoms with Crippen molar-refractivity contribution in [1.82, 2.24) is 5.32 Å². The van der Waals surface area contributed by atoms with E-state index in [1.165, 1.54) is 6.21 Å². The van der Waals surface area contributed by atoms with Crippen LogP contribution in [0.1, 0.15) is 12.2 Å². The van der Waals surface area contributed by atoms with Gasteiger partial charge in [0.05, 0.1) is 12.6 Å². The number of hydrogen-bond acceptors (Lipinski definition) is 6. The average molecular weight is 422 g/mol. The predicted octanol–water partition coefficient (Wildman–Crippen LogP) is 3.11. The Balaban J connectivity index is 1.64. The Morgan fingerprint density at radius 2 is 2.08 bits per heavy atom. The van der Waals surface area contributed by atoms with Gasteiger partial charge in [0.2, 0.25) is 5.91 Å². The Labute approximate surface area is 155 Å². The second kappa shape index (κ2) is 7.66. The van der Waals surface area contributed by atoms with E-state index in [4.69, 9.17) is 9.52 Å². The van der Waals surface area contributed by atoms with E-state index in [1.807, 2.05) is 30.3 Å². The molecule has 1 saturated heterocycles. The molecule has 1 atom stereocenters. The maximum Gasteiger partial charge on any atom is 0.305 e. The molecular formula is C16H12BrN3O4S. The van der Waals surface area contributed by atoms with Crippen molar-refractivity contribution in [3.63, 3.8) is 0 Å². The van der Waals surface area contributed by atoms with E-state index in [0.29, 0.717) is 11.5 Å². The Morgan fingerprint density at radius 1 is 1.32 bits per heavy atom. The third kappa shape index (κ3) is 4.58. The number of thioether (sulfide) groups is 1. The summed E-state index contributed by atoms with van der Waals surface area (Å²) in [6.07, 6.45) is 1.17. The van der Waals surface area contributed by atoms with Crippen LogP contribution in [0.15, 0.2) is 55.5 Å². The highest BCUT2D eigenvalue weighted by Gasteiger charge is 2.32. The first kappa shape index (κ1) is 17.4. The maximum atomic E-state index is 11.6. The number of nitrogens with one attached hydrogen (secondary N) is 1. The van der Waals surface area contributed by atoms with Crippen LogP contribution >= 0.6 is 27.7 Å². The molecule has 3 rings (SSSR count). The van der Waals surface area contributed by atoms with E-state index in [0.717, 1.165) is 21.8 Å². The highest BCUT2D eigenvalue weighted by atomic mass is 79.9. The van der Waals surface area contributed by atoms with Gasteiger partial charge in [-0.2, -0.15) is 5.10 Å². The molecule has 9 heteroatoms. The summed E-state index contributed by atoms with van der Waals surface area (Å²) in [6.45, 7) is 0. The number of halogens is 1. The van der Waals surface area contributed by atoms with Crippen molar-refractivity contribution in [2.75, 3.05) is 0 Å². The SMILES string of the molecule is O=C(O)C[C@@H]1S/C(=N\N=C/c2ccc(-c3ccc(Br)cc3)o2)NC1=O. The first-order chi connectivity index (χ1) is 12.0. The van der Waals surface area contributed by atoms with Gasteiger partial charge in [0, 0.05) is 10.0 Å². The van der Waals surface area contributed by atoms with Crippen molar-refractivity contribution < 1.29 is 19.1 Å². The smallest absolute Gasteiger partial charge is 0.305 e. The van der Waals surface area contributed by atoms with Gasteiger partial charge in [-0.1, -0.05) is 39.8 Å². The van der Waals surface area contributed by atoms with Gasteiger partial charge in [0.1, 0.15) is 16.8 Å². The minimum atomic E-state index is -1.03. The Bertz CT molecular complexity index is 861. The second-order valence-electron chi connectivity index (χ2n) is 5.05. The second-order valence-corrected chi connectivity index (χ2v) is 7.16. The number of aliphatic carboxylic acids is 1. The molecule has 2 N–H and O–H groups in total. The van der Waals surface area contributed by atoms with Gasteiger partial charge in [-0.3, -0.25) is 9.59 Å². The summed E-state index contributed by atoms with van der Waals surface area (Å²) < 4.78 is 6.65. The van der Waals surface area contributed by atoms with Gasteiger partial charge in [-0.05, 0) is 24.3 Å². The molecule has 0 bridgehead atoms. The number of nitrogens with zero attached hydrogens (tertiary/aromatic N) is 2. The van der Waals surface area contributed by atoms with Gasteiger partial charge >= 0.3 is 5.97 Å². The predicted molar refractivity (Wildman–Crippen MR) is 98.6 cm³/mol. The molecule has 0 aliphatic carbocycles. The fourth-order valence-corrected chi connectivity index (χ4v) is 3.25. The number of amides is 1. The maximum absolute atomic E-state index is 11.6. The Hall–Kier alpha value is -2.39. The van der Waals surface area contributed by atoms with Gasteiger partial charge in [0.15, 0.2) is 5.17 Å². The summed E-state index contributed by atoms with van der Waals surface area (Å²) in [5.41, 5.74) is 0.935. The van der Waals surface area contributed by atoms with Crippen LogP contribution in [0.5, 0.6) is 0 Å². The molecule has 2 aromatic rings. The molecule has 1 fully saturated rings. The van der Waals surface area contributed by atoms with Crippen LogP contribution in [0.2, 0.25) is 0 Å². The molecule has 1 aliphatic rings. The number of carbonyl (C=O) groups is 2.